The highest BCUT2D eigenvalue weighted by atomic mass is 32.2. The molecule has 0 fully saturated rings. The monoisotopic (exact) mass is 288 g/mol. The molecule has 19 heavy (non-hydrogen) atoms. The number of urea groups is 2. The summed E-state index contributed by atoms with van der Waals surface area (Å²) in [6, 6.07) is -2.11. The van der Waals surface area contributed by atoms with Gasteiger partial charge in [-0.3, -0.25) is 10.1 Å². The number of methoxy groups -OCH3 is 1. The van der Waals surface area contributed by atoms with Crippen molar-refractivity contribution >= 4 is 30.0 Å². The standard InChI is InChI=1S/C11H20N4O3S/c1-5-6-7-19-14-11(17)15(9(12)18-4)10(16)13-8(2)3/h5-6,8,12H,7H2,1-4H3,(H,13,16)(H,14,17)/b6-5+,12-9?. The van der Waals surface area contributed by atoms with Crippen molar-refractivity contribution in [3.05, 3.63) is 12.2 Å². The van der Waals surface area contributed by atoms with Gasteiger partial charge in [0, 0.05) is 11.8 Å². The van der Waals surface area contributed by atoms with Crippen LogP contribution in [0.25, 0.3) is 0 Å². The van der Waals surface area contributed by atoms with Crippen LogP contribution in [0.1, 0.15) is 20.8 Å². The van der Waals surface area contributed by atoms with Crippen LogP contribution in [0.15, 0.2) is 12.2 Å². The summed E-state index contributed by atoms with van der Waals surface area (Å²) in [5, 5.41) is 10.00. The number of nitrogens with zero attached hydrogens (tertiary/aromatic N) is 1. The molecule has 4 amide bonds. The van der Waals surface area contributed by atoms with E-state index in [0.717, 1.165) is 11.9 Å². The first-order valence-electron chi connectivity index (χ1n) is 5.70. The molecule has 3 N–H and O–H groups in total. The van der Waals surface area contributed by atoms with Crippen molar-refractivity contribution in [1.29, 1.82) is 5.41 Å². The molecule has 0 aliphatic heterocycles. The summed E-state index contributed by atoms with van der Waals surface area (Å²) in [4.78, 5) is 24.2. The van der Waals surface area contributed by atoms with Crippen molar-refractivity contribution in [2.24, 2.45) is 0 Å². The zero-order chi connectivity index (χ0) is 14.8. The average Bonchev–Trinajstić information content (AvgIpc) is 2.33. The van der Waals surface area contributed by atoms with Gasteiger partial charge in [0.2, 0.25) is 0 Å². The topological polar surface area (TPSA) is 94.5 Å². The maximum absolute atomic E-state index is 11.8. The molecule has 0 unspecified atom stereocenters. The highest BCUT2D eigenvalue weighted by molar-refractivity contribution is 7.98. The van der Waals surface area contributed by atoms with Crippen LogP contribution < -0.4 is 10.0 Å². The summed E-state index contributed by atoms with van der Waals surface area (Å²) in [5.41, 5.74) is 0. The van der Waals surface area contributed by atoms with Crippen LogP contribution in [0.3, 0.4) is 0 Å². The molecule has 0 radical (unpaired) electrons. The lowest BCUT2D eigenvalue weighted by molar-refractivity contribution is 0.196. The summed E-state index contributed by atoms with van der Waals surface area (Å²) in [7, 11) is 1.22. The highest BCUT2D eigenvalue weighted by Gasteiger charge is 2.27. The molecule has 0 bridgehead atoms. The number of amides is 4. The lowest BCUT2D eigenvalue weighted by atomic mass is 10.4. The normalized spacial score (nSPS) is 10.4. The third-order valence-electron chi connectivity index (χ3n) is 1.79. The predicted octanol–water partition coefficient (Wildman–Crippen LogP) is 1.92. The van der Waals surface area contributed by atoms with E-state index in [1.165, 1.54) is 7.11 Å². The average molecular weight is 288 g/mol. The van der Waals surface area contributed by atoms with Crippen molar-refractivity contribution in [2.75, 3.05) is 12.9 Å². The van der Waals surface area contributed by atoms with Crippen molar-refractivity contribution in [3.8, 4) is 0 Å². The first kappa shape index (κ1) is 17.3. The van der Waals surface area contributed by atoms with Gasteiger partial charge in [0.25, 0.3) is 0 Å². The minimum Gasteiger partial charge on any atom is -0.468 e. The highest BCUT2D eigenvalue weighted by Crippen LogP contribution is 2.01. The van der Waals surface area contributed by atoms with Crippen LogP contribution in [-0.2, 0) is 4.74 Å². The molecule has 0 heterocycles. The Kier molecular flexibility index (Phi) is 8.43. The first-order valence-corrected chi connectivity index (χ1v) is 6.68. The molecule has 0 aliphatic carbocycles. The molecule has 0 aromatic carbocycles. The molecule has 0 aliphatic rings. The predicted molar refractivity (Wildman–Crippen MR) is 76.0 cm³/mol. The second-order valence-corrected chi connectivity index (χ2v) is 4.56. The lowest BCUT2D eigenvalue weighted by Crippen LogP contribution is -2.52. The summed E-state index contributed by atoms with van der Waals surface area (Å²) < 4.78 is 7.09. The molecule has 7 nitrogen and oxygen atoms in total. The molecule has 0 saturated carbocycles. The van der Waals surface area contributed by atoms with Crippen LogP contribution >= 0.6 is 11.9 Å². The van der Waals surface area contributed by atoms with E-state index in [0.29, 0.717) is 10.7 Å². The Hall–Kier alpha value is -1.70. The Morgan fingerprint density at radius 3 is 2.53 bits per heavy atom. The molecule has 0 saturated heterocycles. The van der Waals surface area contributed by atoms with E-state index in [9.17, 15) is 9.59 Å². The minimum atomic E-state index is -0.723. The number of imide groups is 1. The third-order valence-corrected chi connectivity index (χ3v) is 2.47. The van der Waals surface area contributed by atoms with E-state index in [4.69, 9.17) is 5.41 Å². The molecular weight excluding hydrogens is 268 g/mol. The molecule has 0 rings (SSSR count). The van der Waals surface area contributed by atoms with Gasteiger partial charge in [-0.15, -0.1) is 0 Å². The number of hydrogen-bond acceptors (Lipinski definition) is 5. The van der Waals surface area contributed by atoms with Crippen molar-refractivity contribution in [1.82, 2.24) is 14.9 Å². The fourth-order valence-corrected chi connectivity index (χ4v) is 1.56. The smallest absolute Gasteiger partial charge is 0.343 e. The van der Waals surface area contributed by atoms with Gasteiger partial charge in [-0.1, -0.05) is 12.2 Å². The Balaban J connectivity index is 4.61. The fraction of sp³-hybridized carbons (Fsp3) is 0.545. The molecule has 108 valence electrons. The Morgan fingerprint density at radius 1 is 1.42 bits per heavy atom. The van der Waals surface area contributed by atoms with Crippen molar-refractivity contribution in [3.63, 3.8) is 0 Å². The van der Waals surface area contributed by atoms with Crippen LogP contribution in [0.2, 0.25) is 0 Å². The number of carbonyl (C=O) groups is 2. The SMILES string of the molecule is C/C=C/CSNC(=O)N(C(=N)OC)C(=O)NC(C)C. The van der Waals surface area contributed by atoms with Gasteiger partial charge in [-0.05, 0) is 32.7 Å². The molecule has 0 aromatic rings. The molecule has 0 aromatic heterocycles. The third kappa shape index (κ3) is 6.70. The van der Waals surface area contributed by atoms with Crippen molar-refractivity contribution < 1.29 is 14.3 Å². The zero-order valence-electron chi connectivity index (χ0n) is 11.5. The zero-order valence-corrected chi connectivity index (χ0v) is 12.3. The van der Waals surface area contributed by atoms with E-state index in [-0.39, 0.29) is 6.04 Å². The number of rotatable bonds is 4. The Bertz CT molecular complexity index is 358. The number of allylic oxidation sites excluding steroid dienone is 1. The van der Waals surface area contributed by atoms with Gasteiger partial charge in [0.05, 0.1) is 7.11 Å². The van der Waals surface area contributed by atoms with Gasteiger partial charge in [0.1, 0.15) is 0 Å². The van der Waals surface area contributed by atoms with Gasteiger partial charge in [-0.25, -0.2) is 9.59 Å². The van der Waals surface area contributed by atoms with Gasteiger partial charge >= 0.3 is 18.1 Å². The number of ether oxygens (including phenoxy) is 1. The van der Waals surface area contributed by atoms with Gasteiger partial charge in [0.15, 0.2) is 0 Å². The van der Waals surface area contributed by atoms with E-state index in [2.05, 4.69) is 14.8 Å². The summed E-state index contributed by atoms with van der Waals surface area (Å²) in [5.74, 6) is 0.572. The first-order chi connectivity index (χ1) is 8.93. The van der Waals surface area contributed by atoms with E-state index < -0.39 is 18.1 Å². The Morgan fingerprint density at radius 2 is 2.05 bits per heavy atom. The minimum absolute atomic E-state index is 0.150. The second-order valence-electron chi connectivity index (χ2n) is 3.74. The summed E-state index contributed by atoms with van der Waals surface area (Å²) in [6.07, 6.45) is 3.70. The van der Waals surface area contributed by atoms with Crippen LogP contribution in [0, 0.1) is 5.41 Å². The summed E-state index contributed by atoms with van der Waals surface area (Å²) >= 11 is 1.12. The maximum Gasteiger partial charge on any atom is 0.343 e. The summed E-state index contributed by atoms with van der Waals surface area (Å²) in [6.45, 7) is 5.38. The molecular formula is C11H20N4O3S. The van der Waals surface area contributed by atoms with Crippen LogP contribution in [0.5, 0.6) is 0 Å². The van der Waals surface area contributed by atoms with Gasteiger partial charge < -0.3 is 10.1 Å². The quantitative estimate of drug-likeness (QED) is 0.242. The van der Waals surface area contributed by atoms with Crippen LogP contribution in [-0.4, -0.2) is 41.9 Å². The van der Waals surface area contributed by atoms with Crippen molar-refractivity contribution in [2.45, 2.75) is 26.8 Å². The number of nitrogens with one attached hydrogen (secondary N) is 3. The second kappa shape index (κ2) is 9.26. The largest absolute Gasteiger partial charge is 0.468 e. The number of amidine groups is 1. The maximum atomic E-state index is 11.8. The Labute approximate surface area is 117 Å². The lowest BCUT2D eigenvalue weighted by Gasteiger charge is -2.21. The molecule has 0 atom stereocenters. The number of carbonyl (C=O) groups excluding carboxylic acids is 2. The molecule has 8 heteroatoms. The van der Waals surface area contributed by atoms with E-state index in [1.54, 1.807) is 13.8 Å². The number of hydrogen-bond donors (Lipinski definition) is 3. The van der Waals surface area contributed by atoms with E-state index in [1.807, 2.05) is 19.1 Å². The molecule has 0 spiro atoms. The fourth-order valence-electron chi connectivity index (χ4n) is 0.973. The van der Waals surface area contributed by atoms with E-state index >= 15 is 0 Å². The van der Waals surface area contributed by atoms with Crippen LogP contribution in [0.4, 0.5) is 9.59 Å². The van der Waals surface area contributed by atoms with Gasteiger partial charge in [-0.2, -0.15) is 4.90 Å².